The van der Waals surface area contributed by atoms with Crippen molar-refractivity contribution in [2.45, 2.75) is 19.1 Å². The Morgan fingerprint density at radius 2 is 1.67 bits per heavy atom. The summed E-state index contributed by atoms with van der Waals surface area (Å²) in [6.45, 7) is 1.38. The van der Waals surface area contributed by atoms with Crippen molar-refractivity contribution in [2.24, 2.45) is 0 Å². The molecule has 0 fully saturated rings. The zero-order chi connectivity index (χ0) is 17.9. The first-order valence-corrected chi connectivity index (χ1v) is 6.35. The number of rotatable bonds is 1. The van der Waals surface area contributed by atoms with Gasteiger partial charge in [0.1, 0.15) is 5.69 Å². The third-order valence-electron chi connectivity index (χ3n) is 3.20. The van der Waals surface area contributed by atoms with Crippen LogP contribution in [-0.2, 0) is 0 Å². The number of nitrogen functional groups attached to an aromatic ring is 1. The van der Waals surface area contributed by atoms with Crippen LogP contribution in [-0.4, -0.2) is 22.0 Å². The predicted molar refractivity (Wildman–Crippen MR) is 70.1 cm³/mol. The second kappa shape index (κ2) is 4.82. The van der Waals surface area contributed by atoms with E-state index in [2.05, 4.69) is 14.6 Å². The molecule has 11 heteroatoms. The molecule has 0 saturated carbocycles. The Bertz CT molecular complexity index is 871. The third kappa shape index (κ3) is 2.32. The first-order valence-electron chi connectivity index (χ1n) is 6.35. The minimum absolute atomic E-state index is 0.105. The van der Waals surface area contributed by atoms with Crippen LogP contribution in [0.3, 0.4) is 0 Å². The second-order valence-corrected chi connectivity index (χ2v) is 4.96. The number of anilines is 1. The number of nitrogens with zero attached hydrogens (tertiary/aromatic N) is 2. The van der Waals surface area contributed by atoms with Crippen molar-refractivity contribution in [2.75, 3.05) is 5.73 Å². The van der Waals surface area contributed by atoms with E-state index >= 15 is 0 Å². The largest absolute Gasteiger partial charge is 0.507 e. The van der Waals surface area contributed by atoms with E-state index in [1.54, 1.807) is 0 Å². The quantitative estimate of drug-likeness (QED) is 0.799. The van der Waals surface area contributed by atoms with Gasteiger partial charge in [-0.1, -0.05) is 0 Å². The average Bonchev–Trinajstić information content (AvgIpc) is 2.45. The monoisotopic (exact) mass is 349 g/mol. The maximum Gasteiger partial charge on any atom is 0.507 e. The van der Waals surface area contributed by atoms with Crippen LogP contribution in [0, 0.1) is 12.7 Å². The van der Waals surface area contributed by atoms with Crippen molar-refractivity contribution in [1.29, 1.82) is 0 Å². The van der Waals surface area contributed by atoms with E-state index in [-0.39, 0.29) is 5.56 Å². The van der Waals surface area contributed by atoms with Crippen LogP contribution in [0.2, 0.25) is 0 Å². The SMILES string of the molecule is Cc1cn(-c2cc3c(cc2F)OC(F)(F)C(F)(F)O3)nc(N)c1=O. The van der Waals surface area contributed by atoms with Crippen molar-refractivity contribution < 1.29 is 31.4 Å². The summed E-state index contributed by atoms with van der Waals surface area (Å²) in [6.07, 6.45) is -8.80. The normalized spacial score (nSPS) is 17.6. The molecule has 2 heterocycles. The van der Waals surface area contributed by atoms with Crippen LogP contribution in [0.1, 0.15) is 5.56 Å². The van der Waals surface area contributed by atoms with Gasteiger partial charge < -0.3 is 15.2 Å². The number of hydrogen-bond donors (Lipinski definition) is 1. The Hall–Kier alpha value is -2.85. The first kappa shape index (κ1) is 16.0. The number of benzene rings is 1. The van der Waals surface area contributed by atoms with Gasteiger partial charge in [0.15, 0.2) is 23.1 Å². The van der Waals surface area contributed by atoms with Gasteiger partial charge in [0.05, 0.1) is 0 Å². The molecule has 1 aliphatic heterocycles. The molecule has 0 aliphatic carbocycles. The number of halogens is 5. The van der Waals surface area contributed by atoms with E-state index in [1.807, 2.05) is 0 Å². The average molecular weight is 349 g/mol. The molecule has 1 aromatic carbocycles. The Morgan fingerprint density at radius 1 is 1.12 bits per heavy atom. The van der Waals surface area contributed by atoms with Gasteiger partial charge in [-0.2, -0.15) is 17.6 Å². The highest BCUT2D eigenvalue weighted by Crippen LogP contribution is 2.47. The van der Waals surface area contributed by atoms with Crippen molar-refractivity contribution in [1.82, 2.24) is 9.78 Å². The van der Waals surface area contributed by atoms with E-state index < -0.39 is 46.5 Å². The van der Waals surface area contributed by atoms with Crippen LogP contribution in [0.5, 0.6) is 11.5 Å². The lowest BCUT2D eigenvalue weighted by Crippen LogP contribution is -2.52. The molecule has 1 aromatic heterocycles. The number of aryl methyl sites for hydroxylation is 1. The van der Waals surface area contributed by atoms with E-state index in [9.17, 15) is 26.7 Å². The molecule has 0 amide bonds. The molecule has 0 radical (unpaired) electrons. The van der Waals surface area contributed by atoms with Gasteiger partial charge in [-0.25, -0.2) is 9.07 Å². The fraction of sp³-hybridized carbons (Fsp3) is 0.231. The molecule has 0 spiro atoms. The van der Waals surface area contributed by atoms with E-state index in [4.69, 9.17) is 5.73 Å². The first-order chi connectivity index (χ1) is 11.0. The zero-order valence-electron chi connectivity index (χ0n) is 11.8. The highest BCUT2D eigenvalue weighted by Gasteiger charge is 2.66. The lowest BCUT2D eigenvalue weighted by Gasteiger charge is -2.32. The standard InChI is InChI=1S/C13H8F5N3O3/c1-5-4-21(20-11(19)10(5)22)7-3-9-8(2-6(7)14)23-12(15,16)13(17,18)24-9/h2-4H,1H3,(H2,19,20). The van der Waals surface area contributed by atoms with Gasteiger partial charge in [0, 0.05) is 23.9 Å². The smallest absolute Gasteiger partial charge is 0.421 e. The van der Waals surface area contributed by atoms with Crippen LogP contribution in [0.4, 0.5) is 27.8 Å². The molecule has 0 saturated heterocycles. The Kier molecular flexibility index (Phi) is 3.22. The zero-order valence-corrected chi connectivity index (χ0v) is 11.8. The van der Waals surface area contributed by atoms with Crippen LogP contribution in [0.15, 0.2) is 23.1 Å². The Labute approximate surface area is 130 Å². The van der Waals surface area contributed by atoms with Gasteiger partial charge >= 0.3 is 12.2 Å². The van der Waals surface area contributed by atoms with Gasteiger partial charge in [0.25, 0.3) is 0 Å². The summed E-state index contributed by atoms with van der Waals surface area (Å²) in [6, 6.07) is 1.13. The summed E-state index contributed by atoms with van der Waals surface area (Å²) in [4.78, 5) is 11.5. The van der Waals surface area contributed by atoms with Crippen molar-refractivity contribution in [3.8, 4) is 17.2 Å². The van der Waals surface area contributed by atoms with E-state index in [0.717, 1.165) is 10.9 Å². The van der Waals surface area contributed by atoms with Crippen molar-refractivity contribution in [3.05, 3.63) is 39.9 Å². The Balaban J connectivity index is 2.16. The maximum absolute atomic E-state index is 14.1. The number of hydrogen-bond acceptors (Lipinski definition) is 5. The van der Waals surface area contributed by atoms with Gasteiger partial charge in [-0.05, 0) is 6.92 Å². The number of fused-ring (bicyclic) bond motifs is 1. The second-order valence-electron chi connectivity index (χ2n) is 4.96. The lowest BCUT2D eigenvalue weighted by molar-refractivity contribution is -0.391. The number of nitrogens with two attached hydrogens (primary N) is 1. The third-order valence-corrected chi connectivity index (χ3v) is 3.20. The maximum atomic E-state index is 14.1. The highest BCUT2D eigenvalue weighted by molar-refractivity contribution is 5.51. The minimum Gasteiger partial charge on any atom is -0.421 e. The molecule has 6 nitrogen and oxygen atoms in total. The van der Waals surface area contributed by atoms with Crippen molar-refractivity contribution in [3.63, 3.8) is 0 Å². The van der Waals surface area contributed by atoms with E-state index in [0.29, 0.717) is 12.1 Å². The fourth-order valence-corrected chi connectivity index (χ4v) is 2.01. The summed E-state index contributed by atoms with van der Waals surface area (Å²) in [5.74, 6) is -3.31. The fourth-order valence-electron chi connectivity index (χ4n) is 2.01. The molecule has 0 unspecified atom stereocenters. The van der Waals surface area contributed by atoms with Gasteiger partial charge in [-0.15, -0.1) is 5.10 Å². The van der Waals surface area contributed by atoms with Crippen LogP contribution < -0.4 is 20.6 Å². The molecule has 1 aliphatic rings. The topological polar surface area (TPSA) is 79.4 Å². The molecule has 2 aromatic rings. The summed E-state index contributed by atoms with van der Waals surface area (Å²) in [7, 11) is 0. The van der Waals surface area contributed by atoms with Gasteiger partial charge in [0.2, 0.25) is 5.43 Å². The number of ether oxygens (including phenoxy) is 2. The predicted octanol–water partition coefficient (Wildman–Crippen LogP) is 2.22. The molecule has 24 heavy (non-hydrogen) atoms. The van der Waals surface area contributed by atoms with Crippen molar-refractivity contribution >= 4 is 5.82 Å². The minimum atomic E-state index is -4.95. The number of alkyl halides is 4. The highest BCUT2D eigenvalue weighted by atomic mass is 19.3. The summed E-state index contributed by atoms with van der Waals surface area (Å²) < 4.78 is 75.2. The summed E-state index contributed by atoms with van der Waals surface area (Å²) in [5.41, 5.74) is 4.45. The molecular weight excluding hydrogens is 341 g/mol. The van der Waals surface area contributed by atoms with Crippen LogP contribution >= 0.6 is 0 Å². The summed E-state index contributed by atoms with van der Waals surface area (Å²) in [5, 5.41) is 3.59. The number of aromatic nitrogens is 2. The molecule has 128 valence electrons. The molecule has 2 N–H and O–H groups in total. The summed E-state index contributed by atoms with van der Waals surface area (Å²) >= 11 is 0. The lowest BCUT2D eigenvalue weighted by atomic mass is 10.2. The van der Waals surface area contributed by atoms with Crippen LogP contribution in [0.25, 0.3) is 5.69 Å². The van der Waals surface area contributed by atoms with Gasteiger partial charge in [-0.3, -0.25) is 4.79 Å². The molecule has 0 atom stereocenters. The molecule has 0 bridgehead atoms. The molecule has 3 rings (SSSR count). The van der Waals surface area contributed by atoms with E-state index in [1.165, 1.54) is 6.92 Å². The Morgan fingerprint density at radius 3 is 2.21 bits per heavy atom. The molecular formula is C13H8F5N3O3.